The Hall–Kier alpha value is -3.66. The highest BCUT2D eigenvalue weighted by Gasteiger charge is 2.28. The first-order valence-corrected chi connectivity index (χ1v) is 8.42. The second-order valence-corrected chi connectivity index (χ2v) is 5.97. The lowest BCUT2D eigenvalue weighted by molar-refractivity contribution is -0.123. The zero-order chi connectivity index (χ0) is 19.4. The first-order chi connectivity index (χ1) is 13.0. The number of ketones is 1. The van der Waals surface area contributed by atoms with Gasteiger partial charge in [-0.2, -0.15) is 5.26 Å². The summed E-state index contributed by atoms with van der Waals surface area (Å²) in [7, 11) is 0. The van der Waals surface area contributed by atoms with Gasteiger partial charge in [-0.25, -0.2) is 0 Å². The van der Waals surface area contributed by atoms with Crippen LogP contribution in [0.25, 0.3) is 0 Å². The van der Waals surface area contributed by atoms with Crippen LogP contribution in [0.3, 0.4) is 0 Å². The van der Waals surface area contributed by atoms with E-state index in [2.05, 4.69) is 5.32 Å². The molecule has 0 aromatic heterocycles. The fourth-order valence-corrected chi connectivity index (χ4v) is 2.76. The summed E-state index contributed by atoms with van der Waals surface area (Å²) in [5.74, 6) is -0.405. The molecule has 0 bridgehead atoms. The minimum absolute atomic E-state index is 0.0615. The van der Waals surface area contributed by atoms with Gasteiger partial charge in [0.1, 0.15) is 12.3 Å². The molecule has 0 saturated carbocycles. The lowest BCUT2D eigenvalue weighted by Gasteiger charge is -2.29. The number of carbonyl (C=O) groups excluding carboxylic acids is 3. The Kier molecular flexibility index (Phi) is 5.18. The van der Waals surface area contributed by atoms with Crippen molar-refractivity contribution in [3.8, 4) is 11.8 Å². The van der Waals surface area contributed by atoms with Gasteiger partial charge in [0.25, 0.3) is 5.91 Å². The number of nitrogens with zero attached hydrogens (tertiary/aromatic N) is 2. The van der Waals surface area contributed by atoms with Crippen LogP contribution in [0.2, 0.25) is 0 Å². The molecular weight excluding hydrogens is 346 g/mol. The Balaban J connectivity index is 1.82. The number of fused-ring (bicyclic) bond motifs is 1. The summed E-state index contributed by atoms with van der Waals surface area (Å²) in [5.41, 5.74) is 1.74. The van der Waals surface area contributed by atoms with Gasteiger partial charge in [0.2, 0.25) is 5.91 Å². The molecule has 1 aliphatic rings. The van der Waals surface area contributed by atoms with E-state index >= 15 is 0 Å². The van der Waals surface area contributed by atoms with Crippen molar-refractivity contribution >= 4 is 29.0 Å². The number of hydrogen-bond donors (Lipinski definition) is 1. The number of rotatable bonds is 5. The first-order valence-electron chi connectivity index (χ1n) is 8.42. The zero-order valence-electron chi connectivity index (χ0n) is 14.7. The maximum atomic E-state index is 12.4. The van der Waals surface area contributed by atoms with Crippen LogP contribution in [0.15, 0.2) is 42.5 Å². The van der Waals surface area contributed by atoms with Crippen molar-refractivity contribution in [3.63, 3.8) is 0 Å². The van der Waals surface area contributed by atoms with Crippen molar-refractivity contribution in [1.82, 2.24) is 0 Å². The highest BCUT2D eigenvalue weighted by molar-refractivity contribution is 6.06. The minimum Gasteiger partial charge on any atom is -0.482 e. The summed E-state index contributed by atoms with van der Waals surface area (Å²) in [4.78, 5) is 38.0. The van der Waals surface area contributed by atoms with Crippen LogP contribution in [-0.2, 0) is 9.59 Å². The third-order valence-electron chi connectivity index (χ3n) is 4.12. The van der Waals surface area contributed by atoms with Crippen LogP contribution in [-0.4, -0.2) is 30.7 Å². The number of anilines is 2. The molecule has 3 rings (SSSR count). The number of amides is 2. The number of nitrogens with one attached hydrogen (secondary N) is 1. The average molecular weight is 363 g/mol. The number of hydrogen-bond acceptors (Lipinski definition) is 5. The SMILES string of the molecule is CCC(=O)c1ccc2c(c1)N(CC(=O)Nc1cccc(C#N)c1)C(=O)CO2. The Bertz CT molecular complexity index is 962. The predicted molar refractivity (Wildman–Crippen MR) is 98.7 cm³/mol. The van der Waals surface area contributed by atoms with Crippen LogP contribution in [0.4, 0.5) is 11.4 Å². The molecule has 2 amide bonds. The van der Waals surface area contributed by atoms with Gasteiger partial charge in [-0.3, -0.25) is 19.3 Å². The molecule has 1 heterocycles. The van der Waals surface area contributed by atoms with Gasteiger partial charge in [-0.05, 0) is 36.4 Å². The molecule has 2 aromatic rings. The molecule has 7 heteroatoms. The molecular formula is C20H17N3O4. The van der Waals surface area contributed by atoms with Crippen molar-refractivity contribution in [1.29, 1.82) is 5.26 Å². The molecule has 1 N–H and O–H groups in total. The highest BCUT2D eigenvalue weighted by atomic mass is 16.5. The maximum Gasteiger partial charge on any atom is 0.265 e. The Morgan fingerprint density at radius 3 is 2.81 bits per heavy atom. The molecule has 0 aliphatic carbocycles. The van der Waals surface area contributed by atoms with Crippen molar-refractivity contribution in [2.45, 2.75) is 13.3 Å². The average Bonchev–Trinajstić information content (AvgIpc) is 2.69. The number of Topliss-reactive ketones (excluding diaryl/α,β-unsaturated/α-hetero) is 1. The first kappa shape index (κ1) is 18.1. The van der Waals surface area contributed by atoms with E-state index in [1.807, 2.05) is 6.07 Å². The molecule has 0 radical (unpaired) electrons. The molecule has 136 valence electrons. The van der Waals surface area contributed by atoms with Crippen LogP contribution < -0.4 is 15.0 Å². The summed E-state index contributed by atoms with van der Waals surface area (Å²) >= 11 is 0. The number of benzene rings is 2. The van der Waals surface area contributed by atoms with Crippen LogP contribution in [0.5, 0.6) is 5.75 Å². The Morgan fingerprint density at radius 1 is 1.26 bits per heavy atom. The van der Waals surface area contributed by atoms with E-state index in [-0.39, 0.29) is 24.8 Å². The summed E-state index contributed by atoms with van der Waals surface area (Å²) in [6, 6.07) is 13.3. The smallest absolute Gasteiger partial charge is 0.265 e. The fourth-order valence-electron chi connectivity index (χ4n) is 2.76. The lowest BCUT2D eigenvalue weighted by atomic mass is 10.1. The molecule has 7 nitrogen and oxygen atoms in total. The largest absolute Gasteiger partial charge is 0.482 e. The molecule has 0 spiro atoms. The second-order valence-electron chi connectivity index (χ2n) is 5.97. The van der Waals surface area contributed by atoms with Gasteiger partial charge >= 0.3 is 0 Å². The van der Waals surface area contributed by atoms with Crippen molar-refractivity contribution < 1.29 is 19.1 Å². The number of nitriles is 1. The van der Waals surface area contributed by atoms with Crippen LogP contribution in [0, 0.1) is 11.3 Å². The highest BCUT2D eigenvalue weighted by Crippen LogP contribution is 2.33. The van der Waals surface area contributed by atoms with Crippen molar-refractivity contribution in [2.24, 2.45) is 0 Å². The quantitative estimate of drug-likeness (QED) is 0.823. The van der Waals surface area contributed by atoms with Gasteiger partial charge in [-0.15, -0.1) is 0 Å². The van der Waals surface area contributed by atoms with Gasteiger partial charge < -0.3 is 10.1 Å². The summed E-state index contributed by atoms with van der Waals surface area (Å²) in [5, 5.41) is 11.6. The lowest BCUT2D eigenvalue weighted by Crippen LogP contribution is -2.43. The third-order valence-corrected chi connectivity index (χ3v) is 4.12. The molecule has 2 aromatic carbocycles. The molecule has 0 saturated heterocycles. The van der Waals surface area contributed by atoms with E-state index in [0.717, 1.165) is 0 Å². The number of carbonyl (C=O) groups is 3. The predicted octanol–water partition coefficient (Wildman–Crippen LogP) is 2.52. The Labute approximate surface area is 156 Å². The van der Waals surface area contributed by atoms with E-state index in [1.54, 1.807) is 49.4 Å². The van der Waals surface area contributed by atoms with E-state index in [1.165, 1.54) is 4.90 Å². The minimum atomic E-state index is -0.418. The fraction of sp³-hybridized carbons (Fsp3) is 0.200. The summed E-state index contributed by atoms with van der Waals surface area (Å²) < 4.78 is 5.39. The molecule has 0 fully saturated rings. The van der Waals surface area contributed by atoms with E-state index in [4.69, 9.17) is 10.00 Å². The van der Waals surface area contributed by atoms with Gasteiger partial charge in [0.05, 0.1) is 17.3 Å². The number of ether oxygens (including phenoxy) is 1. The molecule has 0 atom stereocenters. The molecule has 1 aliphatic heterocycles. The Morgan fingerprint density at radius 2 is 2.07 bits per heavy atom. The van der Waals surface area contributed by atoms with Gasteiger partial charge in [0, 0.05) is 17.7 Å². The zero-order valence-corrected chi connectivity index (χ0v) is 14.7. The monoisotopic (exact) mass is 363 g/mol. The second kappa shape index (κ2) is 7.70. The van der Waals surface area contributed by atoms with E-state index < -0.39 is 5.91 Å². The maximum absolute atomic E-state index is 12.4. The standard InChI is InChI=1S/C20H17N3O4/c1-2-17(24)14-6-7-18-16(9-14)23(20(26)12-27-18)11-19(25)22-15-5-3-4-13(8-15)10-21/h3-9H,2,11-12H2,1H3,(H,22,25). The molecule has 0 unspecified atom stereocenters. The van der Waals surface area contributed by atoms with Gasteiger partial charge in [0.15, 0.2) is 12.4 Å². The normalized spacial score (nSPS) is 12.6. The summed E-state index contributed by atoms with van der Waals surface area (Å²) in [6.07, 6.45) is 0.337. The molecule has 27 heavy (non-hydrogen) atoms. The van der Waals surface area contributed by atoms with Crippen molar-refractivity contribution in [2.75, 3.05) is 23.4 Å². The van der Waals surface area contributed by atoms with E-state index in [0.29, 0.717) is 34.7 Å². The van der Waals surface area contributed by atoms with Crippen molar-refractivity contribution in [3.05, 3.63) is 53.6 Å². The van der Waals surface area contributed by atoms with Crippen LogP contribution >= 0.6 is 0 Å². The van der Waals surface area contributed by atoms with E-state index in [9.17, 15) is 14.4 Å². The topological polar surface area (TPSA) is 99.5 Å². The van der Waals surface area contributed by atoms with Crippen LogP contribution in [0.1, 0.15) is 29.3 Å². The third kappa shape index (κ3) is 3.96. The van der Waals surface area contributed by atoms with Gasteiger partial charge in [-0.1, -0.05) is 13.0 Å². The summed E-state index contributed by atoms with van der Waals surface area (Å²) in [6.45, 7) is 1.35.